The molecule has 0 amide bonds. The SMILES string of the molecule is Cc1ccc2c(-c3nc4ccc(Br)cc4n3-c3ccc4c(c3)n(C)c(=O)n4C)c[nH]c2c1. The summed E-state index contributed by atoms with van der Waals surface area (Å²) in [5, 5.41) is 1.12. The third-order valence-corrected chi connectivity index (χ3v) is 6.70. The van der Waals surface area contributed by atoms with Crippen LogP contribution < -0.4 is 5.69 Å². The van der Waals surface area contributed by atoms with Gasteiger partial charge >= 0.3 is 5.69 Å². The summed E-state index contributed by atoms with van der Waals surface area (Å²) in [4.78, 5) is 20.9. The number of hydrogen-bond donors (Lipinski definition) is 1. The number of imidazole rings is 2. The minimum Gasteiger partial charge on any atom is -0.360 e. The van der Waals surface area contributed by atoms with Crippen molar-refractivity contribution < 1.29 is 0 Å². The molecule has 158 valence electrons. The highest BCUT2D eigenvalue weighted by molar-refractivity contribution is 9.10. The van der Waals surface area contributed by atoms with E-state index >= 15 is 0 Å². The zero-order chi connectivity index (χ0) is 22.1. The van der Waals surface area contributed by atoms with Crippen molar-refractivity contribution in [3.63, 3.8) is 0 Å². The quantitative estimate of drug-likeness (QED) is 0.355. The Morgan fingerprint density at radius 1 is 0.906 bits per heavy atom. The fourth-order valence-corrected chi connectivity index (χ4v) is 4.90. The normalized spacial score (nSPS) is 11.9. The van der Waals surface area contributed by atoms with Crippen LogP contribution in [0.3, 0.4) is 0 Å². The molecule has 6 rings (SSSR count). The average Bonchev–Trinajstić information content (AvgIpc) is 3.42. The predicted octanol–water partition coefficient (Wildman–Crippen LogP) is 5.44. The molecule has 0 saturated heterocycles. The van der Waals surface area contributed by atoms with Gasteiger partial charge in [-0.2, -0.15) is 0 Å². The Bertz CT molecular complexity index is 1750. The van der Waals surface area contributed by atoms with Crippen LogP contribution in [0, 0.1) is 6.92 Å². The van der Waals surface area contributed by atoms with E-state index in [9.17, 15) is 4.79 Å². The Kier molecular flexibility index (Phi) is 4.01. The highest BCUT2D eigenvalue weighted by Crippen LogP contribution is 2.35. The Balaban J connectivity index is 1.71. The van der Waals surface area contributed by atoms with Gasteiger partial charge in [-0.3, -0.25) is 13.7 Å². The summed E-state index contributed by atoms with van der Waals surface area (Å²) < 4.78 is 6.51. The van der Waals surface area contributed by atoms with Crippen molar-refractivity contribution in [3.05, 3.63) is 81.3 Å². The van der Waals surface area contributed by atoms with E-state index in [1.165, 1.54) is 5.56 Å². The van der Waals surface area contributed by atoms with E-state index in [4.69, 9.17) is 4.98 Å². The molecule has 3 heterocycles. The first-order valence-electron chi connectivity index (χ1n) is 10.3. The molecular weight excluding hydrogens is 466 g/mol. The third-order valence-electron chi connectivity index (χ3n) is 6.21. The molecule has 7 heteroatoms. The number of aryl methyl sites for hydroxylation is 3. The summed E-state index contributed by atoms with van der Waals surface area (Å²) in [7, 11) is 3.60. The second-order valence-electron chi connectivity index (χ2n) is 8.23. The standard InChI is InChI=1S/C25H20BrN5O/c1-14-4-7-17-18(13-27-20(17)10-14)24-28-19-8-5-15(26)11-22(19)31(24)16-6-9-21-23(12-16)30(3)25(32)29(21)2/h4-13,27H,1-3H3. The number of nitrogens with zero attached hydrogens (tertiary/aromatic N) is 4. The molecule has 0 bridgehead atoms. The van der Waals surface area contributed by atoms with Crippen molar-refractivity contribution in [2.75, 3.05) is 0 Å². The van der Waals surface area contributed by atoms with Gasteiger partial charge in [-0.1, -0.05) is 28.1 Å². The van der Waals surface area contributed by atoms with E-state index in [1.807, 2.05) is 30.5 Å². The largest absolute Gasteiger partial charge is 0.360 e. The molecule has 3 aromatic carbocycles. The Morgan fingerprint density at radius 3 is 2.56 bits per heavy atom. The van der Waals surface area contributed by atoms with Gasteiger partial charge in [0.1, 0.15) is 5.82 Å². The van der Waals surface area contributed by atoms with Gasteiger partial charge in [0.2, 0.25) is 0 Å². The van der Waals surface area contributed by atoms with Crippen molar-refractivity contribution in [2.45, 2.75) is 6.92 Å². The van der Waals surface area contributed by atoms with Gasteiger partial charge < -0.3 is 4.98 Å². The van der Waals surface area contributed by atoms with Crippen LogP contribution >= 0.6 is 15.9 Å². The summed E-state index contributed by atoms with van der Waals surface area (Å²) in [6.45, 7) is 2.09. The second-order valence-corrected chi connectivity index (χ2v) is 9.14. The summed E-state index contributed by atoms with van der Waals surface area (Å²) in [5.41, 5.74) is 7.93. The molecule has 32 heavy (non-hydrogen) atoms. The van der Waals surface area contributed by atoms with Crippen molar-refractivity contribution in [2.24, 2.45) is 14.1 Å². The van der Waals surface area contributed by atoms with Crippen LogP contribution in [-0.4, -0.2) is 23.7 Å². The van der Waals surface area contributed by atoms with Gasteiger partial charge in [-0.15, -0.1) is 0 Å². The molecule has 6 aromatic rings. The molecule has 0 aliphatic rings. The van der Waals surface area contributed by atoms with Crippen LogP contribution in [0.25, 0.3) is 50.0 Å². The fourth-order valence-electron chi connectivity index (χ4n) is 4.55. The van der Waals surface area contributed by atoms with Crippen molar-refractivity contribution in [1.29, 1.82) is 0 Å². The van der Waals surface area contributed by atoms with E-state index in [-0.39, 0.29) is 5.69 Å². The first kappa shape index (κ1) is 19.1. The Hall–Kier alpha value is -3.58. The second kappa shape index (κ2) is 6.71. The van der Waals surface area contributed by atoms with Gasteiger partial charge in [-0.25, -0.2) is 9.78 Å². The molecule has 0 aliphatic carbocycles. The number of aromatic amines is 1. The van der Waals surface area contributed by atoms with E-state index in [1.54, 1.807) is 23.2 Å². The molecule has 3 aromatic heterocycles. The fraction of sp³-hybridized carbons (Fsp3) is 0.120. The molecule has 1 N–H and O–H groups in total. The van der Waals surface area contributed by atoms with Crippen LogP contribution in [0.4, 0.5) is 0 Å². The van der Waals surface area contributed by atoms with Crippen LogP contribution in [0.1, 0.15) is 5.56 Å². The number of benzene rings is 3. The molecule has 0 unspecified atom stereocenters. The van der Waals surface area contributed by atoms with Crippen LogP contribution in [0.5, 0.6) is 0 Å². The lowest BCUT2D eigenvalue weighted by Gasteiger charge is -2.10. The van der Waals surface area contributed by atoms with Crippen LogP contribution in [-0.2, 0) is 14.1 Å². The lowest BCUT2D eigenvalue weighted by molar-refractivity contribution is 0.795. The summed E-state index contributed by atoms with van der Waals surface area (Å²) in [6.07, 6.45) is 2.02. The maximum absolute atomic E-state index is 12.5. The summed E-state index contributed by atoms with van der Waals surface area (Å²) in [5.74, 6) is 0.855. The number of halogens is 1. The van der Waals surface area contributed by atoms with Crippen LogP contribution in [0.15, 0.2) is 70.1 Å². The molecule has 0 atom stereocenters. The molecule has 0 spiro atoms. The molecular formula is C25H20BrN5O. The monoisotopic (exact) mass is 485 g/mol. The third kappa shape index (κ3) is 2.64. The predicted molar refractivity (Wildman–Crippen MR) is 133 cm³/mol. The first-order chi connectivity index (χ1) is 15.4. The maximum atomic E-state index is 12.5. The van der Waals surface area contributed by atoms with Crippen molar-refractivity contribution in [1.82, 2.24) is 23.7 Å². The molecule has 6 nitrogen and oxygen atoms in total. The highest BCUT2D eigenvalue weighted by atomic mass is 79.9. The lowest BCUT2D eigenvalue weighted by atomic mass is 10.1. The van der Waals surface area contributed by atoms with Crippen molar-refractivity contribution in [3.8, 4) is 17.1 Å². The number of H-pyrrole nitrogens is 1. The minimum atomic E-state index is -0.0393. The highest BCUT2D eigenvalue weighted by Gasteiger charge is 2.19. The summed E-state index contributed by atoms with van der Waals surface area (Å²) >= 11 is 3.61. The topological polar surface area (TPSA) is 60.5 Å². The lowest BCUT2D eigenvalue weighted by Crippen LogP contribution is -2.19. The van der Waals surface area contributed by atoms with Gasteiger partial charge in [0.25, 0.3) is 0 Å². The van der Waals surface area contributed by atoms with Gasteiger partial charge in [0.05, 0.1) is 22.1 Å². The van der Waals surface area contributed by atoms with Gasteiger partial charge in [0.15, 0.2) is 0 Å². The minimum absolute atomic E-state index is 0.0393. The Labute approximate surface area is 191 Å². The maximum Gasteiger partial charge on any atom is 0.328 e. The molecule has 0 fully saturated rings. The zero-order valence-electron chi connectivity index (χ0n) is 17.8. The zero-order valence-corrected chi connectivity index (χ0v) is 19.4. The van der Waals surface area contributed by atoms with E-state index < -0.39 is 0 Å². The van der Waals surface area contributed by atoms with E-state index in [2.05, 4.69) is 62.7 Å². The molecule has 0 saturated carbocycles. The molecule has 0 radical (unpaired) electrons. The number of rotatable bonds is 2. The van der Waals surface area contributed by atoms with E-state index in [0.29, 0.717) is 0 Å². The Morgan fingerprint density at radius 2 is 1.72 bits per heavy atom. The number of fused-ring (bicyclic) bond motifs is 3. The number of aromatic nitrogens is 5. The summed E-state index contributed by atoms with van der Waals surface area (Å²) in [6, 6.07) is 18.6. The first-order valence-corrected chi connectivity index (χ1v) is 11.1. The number of hydrogen-bond acceptors (Lipinski definition) is 2. The van der Waals surface area contributed by atoms with Crippen LogP contribution in [0.2, 0.25) is 0 Å². The van der Waals surface area contributed by atoms with E-state index in [0.717, 1.165) is 54.5 Å². The average molecular weight is 486 g/mol. The van der Waals surface area contributed by atoms with Gasteiger partial charge in [0, 0.05) is 46.9 Å². The number of nitrogens with one attached hydrogen (secondary N) is 1. The van der Waals surface area contributed by atoms with Crippen molar-refractivity contribution >= 4 is 48.9 Å². The smallest absolute Gasteiger partial charge is 0.328 e. The van der Waals surface area contributed by atoms with Gasteiger partial charge in [-0.05, 0) is 55.0 Å². The molecule has 0 aliphatic heterocycles.